The highest BCUT2D eigenvalue weighted by Crippen LogP contribution is 2.44. The van der Waals surface area contributed by atoms with Crippen LogP contribution in [0.5, 0.6) is 0 Å². The fraction of sp³-hybridized carbons (Fsp3) is 0.400. The molecule has 2 atom stereocenters. The third-order valence-corrected chi connectivity index (χ3v) is 5.67. The summed E-state index contributed by atoms with van der Waals surface area (Å²) in [6.45, 7) is 3.78. The Morgan fingerprint density at radius 1 is 1.00 bits per heavy atom. The van der Waals surface area contributed by atoms with Gasteiger partial charge in [0.15, 0.2) is 0 Å². The molecule has 0 heterocycles. The van der Waals surface area contributed by atoms with Crippen LogP contribution in [0.15, 0.2) is 48.5 Å². The van der Waals surface area contributed by atoms with Crippen LogP contribution in [-0.2, 0) is 14.3 Å². The Morgan fingerprint density at radius 2 is 1.59 bits per heavy atom. The van der Waals surface area contributed by atoms with E-state index in [2.05, 4.69) is 22.8 Å². The van der Waals surface area contributed by atoms with Crippen molar-refractivity contribution >= 4 is 18.0 Å². The van der Waals surface area contributed by atoms with Gasteiger partial charge >= 0.3 is 12.1 Å². The van der Waals surface area contributed by atoms with Crippen molar-refractivity contribution < 1.29 is 24.2 Å². The van der Waals surface area contributed by atoms with Gasteiger partial charge < -0.3 is 20.5 Å². The highest BCUT2D eigenvalue weighted by Gasteiger charge is 2.30. The van der Waals surface area contributed by atoms with Crippen LogP contribution < -0.4 is 10.6 Å². The molecule has 2 aromatic rings. The van der Waals surface area contributed by atoms with Gasteiger partial charge in [0.1, 0.15) is 12.6 Å². The summed E-state index contributed by atoms with van der Waals surface area (Å²) in [4.78, 5) is 36.0. The molecule has 3 N–H and O–H groups in total. The lowest BCUT2D eigenvalue weighted by Gasteiger charge is -2.21. The van der Waals surface area contributed by atoms with E-state index in [4.69, 9.17) is 9.84 Å². The van der Waals surface area contributed by atoms with Crippen LogP contribution in [0.1, 0.15) is 56.6 Å². The van der Waals surface area contributed by atoms with Gasteiger partial charge in [-0.15, -0.1) is 0 Å². The van der Waals surface area contributed by atoms with E-state index in [1.54, 1.807) is 6.92 Å². The van der Waals surface area contributed by atoms with E-state index >= 15 is 0 Å². The molecular weight excluding hydrogens is 408 g/mol. The number of carboxylic acids is 1. The molecular formula is C25H30N2O5. The topological polar surface area (TPSA) is 105 Å². The summed E-state index contributed by atoms with van der Waals surface area (Å²) in [5.41, 5.74) is 4.52. The van der Waals surface area contributed by atoms with E-state index in [1.807, 2.05) is 43.3 Å². The number of carbonyl (C=O) groups excluding carboxylic acids is 2. The van der Waals surface area contributed by atoms with Gasteiger partial charge in [0.2, 0.25) is 5.91 Å². The van der Waals surface area contributed by atoms with E-state index in [9.17, 15) is 14.4 Å². The van der Waals surface area contributed by atoms with Crippen molar-refractivity contribution in [3.8, 4) is 11.1 Å². The van der Waals surface area contributed by atoms with Gasteiger partial charge in [-0.1, -0.05) is 68.3 Å². The number of nitrogens with one attached hydrogen (secondary N) is 2. The average Bonchev–Trinajstić information content (AvgIpc) is 3.08. The molecule has 0 saturated heterocycles. The Bertz CT molecular complexity index is 929. The van der Waals surface area contributed by atoms with Crippen LogP contribution in [0.25, 0.3) is 11.1 Å². The number of carboxylic acid groups (broad SMARTS) is 1. The number of hydrogen-bond donors (Lipinski definition) is 3. The summed E-state index contributed by atoms with van der Waals surface area (Å²) in [6, 6.07) is 14.8. The first-order chi connectivity index (χ1) is 15.4. The van der Waals surface area contributed by atoms with Crippen LogP contribution in [-0.4, -0.2) is 41.8 Å². The predicted octanol–water partition coefficient (Wildman–Crippen LogP) is 4.06. The zero-order valence-corrected chi connectivity index (χ0v) is 18.5. The molecule has 170 valence electrons. The van der Waals surface area contributed by atoms with Crippen LogP contribution in [0.2, 0.25) is 0 Å². The molecule has 0 spiro atoms. The lowest BCUT2D eigenvalue weighted by atomic mass is 9.98. The van der Waals surface area contributed by atoms with Gasteiger partial charge in [0.25, 0.3) is 0 Å². The van der Waals surface area contributed by atoms with Gasteiger partial charge in [0.05, 0.1) is 6.42 Å². The van der Waals surface area contributed by atoms with Crippen LogP contribution in [0.4, 0.5) is 4.79 Å². The second-order valence-electron chi connectivity index (χ2n) is 8.17. The fourth-order valence-electron chi connectivity index (χ4n) is 4.12. The molecule has 7 heteroatoms. The molecule has 0 radical (unpaired) electrons. The number of aliphatic carboxylic acids is 1. The molecule has 0 fully saturated rings. The molecule has 3 rings (SSSR count). The lowest BCUT2D eigenvalue weighted by molar-refractivity contribution is -0.137. The van der Waals surface area contributed by atoms with Crippen molar-refractivity contribution in [2.24, 2.45) is 0 Å². The van der Waals surface area contributed by atoms with E-state index in [0.717, 1.165) is 35.1 Å². The minimum atomic E-state index is -0.993. The standard InChI is InChI=1S/C25H30N2O5/c1-3-4-13-22(24(30)26-16(2)14-23(28)29)27-25(31)32-15-21-19-11-7-5-9-17(19)18-10-6-8-12-20(18)21/h5-12,16,21-22H,3-4,13-15H2,1-2H3,(H,26,30)(H,27,31)(H,28,29)/t16-,22?/m0/s1. The van der Waals surface area contributed by atoms with Crippen molar-refractivity contribution in [3.63, 3.8) is 0 Å². The first kappa shape index (κ1) is 23.3. The number of carbonyl (C=O) groups is 3. The first-order valence-electron chi connectivity index (χ1n) is 11.0. The third-order valence-electron chi connectivity index (χ3n) is 5.67. The zero-order chi connectivity index (χ0) is 23.1. The van der Waals surface area contributed by atoms with Crippen LogP contribution in [0, 0.1) is 0 Å². The number of hydrogen-bond acceptors (Lipinski definition) is 4. The highest BCUT2D eigenvalue weighted by atomic mass is 16.5. The van der Waals surface area contributed by atoms with Crippen molar-refractivity contribution in [1.82, 2.24) is 10.6 Å². The summed E-state index contributed by atoms with van der Waals surface area (Å²) in [5.74, 6) is -1.46. The summed E-state index contributed by atoms with van der Waals surface area (Å²) in [7, 11) is 0. The SMILES string of the molecule is CCCCC(NC(=O)OCC1c2ccccc2-c2ccccc21)C(=O)N[C@@H](C)CC(=O)O. The maximum Gasteiger partial charge on any atom is 0.407 e. The molecule has 7 nitrogen and oxygen atoms in total. The van der Waals surface area contributed by atoms with Gasteiger partial charge in [-0.25, -0.2) is 4.79 Å². The molecule has 0 aliphatic heterocycles. The second-order valence-corrected chi connectivity index (χ2v) is 8.17. The maximum atomic E-state index is 12.6. The van der Waals surface area contributed by atoms with Crippen molar-refractivity contribution in [1.29, 1.82) is 0 Å². The Morgan fingerprint density at radius 3 is 2.16 bits per heavy atom. The molecule has 0 saturated carbocycles. The average molecular weight is 439 g/mol. The molecule has 1 unspecified atom stereocenters. The zero-order valence-electron chi connectivity index (χ0n) is 18.5. The minimum Gasteiger partial charge on any atom is -0.481 e. The van der Waals surface area contributed by atoms with Gasteiger partial charge in [-0.2, -0.15) is 0 Å². The van der Waals surface area contributed by atoms with Gasteiger partial charge in [0, 0.05) is 12.0 Å². The number of rotatable bonds is 10. The predicted molar refractivity (Wildman–Crippen MR) is 121 cm³/mol. The second kappa shape index (κ2) is 10.8. The lowest BCUT2D eigenvalue weighted by Crippen LogP contribution is -2.49. The first-order valence-corrected chi connectivity index (χ1v) is 11.0. The van der Waals surface area contributed by atoms with E-state index in [0.29, 0.717) is 6.42 Å². The van der Waals surface area contributed by atoms with E-state index in [1.165, 1.54) is 0 Å². The van der Waals surface area contributed by atoms with Crippen LogP contribution in [0.3, 0.4) is 0 Å². The quantitative estimate of drug-likeness (QED) is 0.519. The maximum absolute atomic E-state index is 12.6. The number of ether oxygens (including phenoxy) is 1. The number of unbranched alkanes of at least 4 members (excludes halogenated alkanes) is 1. The van der Waals surface area contributed by atoms with Crippen molar-refractivity contribution in [2.75, 3.05) is 6.61 Å². The van der Waals surface area contributed by atoms with Gasteiger partial charge in [-0.05, 0) is 35.6 Å². The Hall–Kier alpha value is -3.35. The Kier molecular flexibility index (Phi) is 7.87. The number of benzene rings is 2. The minimum absolute atomic E-state index is 0.0633. The van der Waals surface area contributed by atoms with E-state index < -0.39 is 30.1 Å². The molecule has 1 aliphatic carbocycles. The Balaban J connectivity index is 1.63. The summed E-state index contributed by atoms with van der Waals surface area (Å²) in [5, 5.41) is 14.2. The molecule has 1 aliphatic rings. The summed E-state index contributed by atoms with van der Waals surface area (Å²) < 4.78 is 5.55. The number of amides is 2. The molecule has 32 heavy (non-hydrogen) atoms. The summed E-state index contributed by atoms with van der Waals surface area (Å²) in [6.07, 6.45) is 1.22. The Labute approximate surface area is 188 Å². The normalized spacial score (nSPS) is 14.1. The largest absolute Gasteiger partial charge is 0.481 e. The van der Waals surface area contributed by atoms with Crippen LogP contribution >= 0.6 is 0 Å². The molecule has 0 aromatic heterocycles. The smallest absolute Gasteiger partial charge is 0.407 e. The number of fused-ring (bicyclic) bond motifs is 3. The van der Waals surface area contributed by atoms with Gasteiger partial charge in [-0.3, -0.25) is 9.59 Å². The number of alkyl carbamates (subject to hydrolysis) is 1. The third kappa shape index (κ3) is 5.66. The van der Waals surface area contributed by atoms with Crippen molar-refractivity contribution in [2.45, 2.75) is 57.5 Å². The highest BCUT2D eigenvalue weighted by molar-refractivity contribution is 5.86. The fourth-order valence-corrected chi connectivity index (χ4v) is 4.12. The molecule has 2 amide bonds. The molecule has 0 bridgehead atoms. The molecule has 2 aromatic carbocycles. The van der Waals surface area contributed by atoms with Crippen molar-refractivity contribution in [3.05, 3.63) is 59.7 Å². The summed E-state index contributed by atoms with van der Waals surface area (Å²) >= 11 is 0. The monoisotopic (exact) mass is 438 g/mol. The van der Waals surface area contributed by atoms with E-state index in [-0.39, 0.29) is 18.9 Å².